The lowest BCUT2D eigenvalue weighted by molar-refractivity contribution is 0.313. The molecule has 3 nitrogen and oxygen atoms in total. The Bertz CT molecular complexity index is 348. The summed E-state index contributed by atoms with van der Waals surface area (Å²) in [6.07, 6.45) is 5.57. The average Bonchev–Trinajstić information content (AvgIpc) is 2.75. The lowest BCUT2D eigenvalue weighted by Crippen LogP contribution is -2.29. The molecular formula is C13H23N3. The number of aryl methyl sites for hydroxylation is 2. The van der Waals surface area contributed by atoms with Gasteiger partial charge in [0.15, 0.2) is 0 Å². The van der Waals surface area contributed by atoms with Crippen molar-refractivity contribution in [2.45, 2.75) is 46.1 Å². The van der Waals surface area contributed by atoms with Crippen molar-refractivity contribution >= 4 is 0 Å². The number of hydrogen-bond acceptors (Lipinski definition) is 2. The number of aromatic nitrogens is 2. The molecule has 0 unspecified atom stereocenters. The summed E-state index contributed by atoms with van der Waals surface area (Å²) >= 11 is 0. The summed E-state index contributed by atoms with van der Waals surface area (Å²) in [6, 6.07) is 2.16. The zero-order valence-corrected chi connectivity index (χ0v) is 10.7. The number of hydrogen-bond donors (Lipinski definition) is 1. The van der Waals surface area contributed by atoms with Crippen LogP contribution in [0.15, 0.2) is 6.07 Å². The van der Waals surface area contributed by atoms with Crippen molar-refractivity contribution in [1.29, 1.82) is 0 Å². The molecule has 0 saturated heterocycles. The van der Waals surface area contributed by atoms with E-state index in [2.05, 4.69) is 23.4 Å². The fourth-order valence-electron chi connectivity index (χ4n) is 2.73. The molecule has 0 atom stereocenters. The minimum atomic E-state index is 0.535. The minimum Gasteiger partial charge on any atom is -0.311 e. The smallest absolute Gasteiger partial charge is 0.0597 e. The standard InChI is InChI=1S/C13H23N3/c1-11-8-12(16(3)15-11)9-14-10-13(2)6-4-5-7-13/h8,14H,4-7,9-10H2,1-3H3. The molecule has 0 bridgehead atoms. The first-order valence-electron chi connectivity index (χ1n) is 6.29. The SMILES string of the molecule is Cc1cc(CNCC2(C)CCCC2)n(C)n1. The topological polar surface area (TPSA) is 29.9 Å². The Morgan fingerprint density at radius 1 is 1.44 bits per heavy atom. The summed E-state index contributed by atoms with van der Waals surface area (Å²) in [4.78, 5) is 0. The molecule has 0 aromatic carbocycles. The number of nitrogens with zero attached hydrogens (tertiary/aromatic N) is 2. The molecule has 0 spiro atoms. The molecule has 1 N–H and O–H groups in total. The fraction of sp³-hybridized carbons (Fsp3) is 0.769. The molecule has 1 heterocycles. The van der Waals surface area contributed by atoms with E-state index in [1.807, 2.05) is 18.7 Å². The van der Waals surface area contributed by atoms with Crippen LogP contribution in [0.5, 0.6) is 0 Å². The Labute approximate surface area is 98.2 Å². The molecule has 0 amide bonds. The quantitative estimate of drug-likeness (QED) is 0.846. The second-order valence-corrected chi connectivity index (χ2v) is 5.52. The van der Waals surface area contributed by atoms with E-state index in [9.17, 15) is 0 Å². The minimum absolute atomic E-state index is 0.535. The highest BCUT2D eigenvalue weighted by Crippen LogP contribution is 2.36. The molecule has 0 aliphatic heterocycles. The predicted octanol–water partition coefficient (Wildman–Crippen LogP) is 2.40. The normalized spacial score (nSPS) is 19.2. The third-order valence-electron chi connectivity index (χ3n) is 3.77. The van der Waals surface area contributed by atoms with Crippen molar-refractivity contribution in [2.75, 3.05) is 6.54 Å². The zero-order chi connectivity index (χ0) is 11.6. The Balaban J connectivity index is 1.81. The van der Waals surface area contributed by atoms with Crippen LogP contribution in [-0.4, -0.2) is 16.3 Å². The van der Waals surface area contributed by atoms with Gasteiger partial charge in [-0.3, -0.25) is 4.68 Å². The van der Waals surface area contributed by atoms with Gasteiger partial charge in [-0.25, -0.2) is 0 Å². The van der Waals surface area contributed by atoms with Crippen LogP contribution in [0.4, 0.5) is 0 Å². The van der Waals surface area contributed by atoms with Gasteiger partial charge in [0.2, 0.25) is 0 Å². The van der Waals surface area contributed by atoms with Crippen molar-refractivity contribution in [3.8, 4) is 0 Å². The van der Waals surface area contributed by atoms with E-state index >= 15 is 0 Å². The molecular weight excluding hydrogens is 198 g/mol. The zero-order valence-electron chi connectivity index (χ0n) is 10.7. The van der Waals surface area contributed by atoms with Crippen LogP contribution in [0.1, 0.15) is 44.0 Å². The molecule has 2 rings (SSSR count). The lowest BCUT2D eigenvalue weighted by atomic mass is 9.89. The highest BCUT2D eigenvalue weighted by Gasteiger charge is 2.27. The van der Waals surface area contributed by atoms with Gasteiger partial charge in [0.25, 0.3) is 0 Å². The summed E-state index contributed by atoms with van der Waals surface area (Å²) in [5, 5.41) is 7.93. The number of nitrogens with one attached hydrogen (secondary N) is 1. The van der Waals surface area contributed by atoms with Gasteiger partial charge in [-0.15, -0.1) is 0 Å². The van der Waals surface area contributed by atoms with Gasteiger partial charge < -0.3 is 5.32 Å². The maximum atomic E-state index is 4.36. The van der Waals surface area contributed by atoms with Crippen LogP contribution >= 0.6 is 0 Å². The molecule has 1 aromatic heterocycles. The van der Waals surface area contributed by atoms with Gasteiger partial charge in [-0.1, -0.05) is 19.8 Å². The third-order valence-corrected chi connectivity index (χ3v) is 3.77. The van der Waals surface area contributed by atoms with Gasteiger partial charge in [0.05, 0.1) is 11.4 Å². The lowest BCUT2D eigenvalue weighted by Gasteiger charge is -2.23. The van der Waals surface area contributed by atoms with Crippen LogP contribution in [-0.2, 0) is 13.6 Å². The maximum Gasteiger partial charge on any atom is 0.0597 e. The van der Waals surface area contributed by atoms with Crippen molar-refractivity contribution in [1.82, 2.24) is 15.1 Å². The summed E-state index contributed by atoms with van der Waals surface area (Å²) in [6.45, 7) is 6.52. The van der Waals surface area contributed by atoms with Gasteiger partial charge in [0.1, 0.15) is 0 Å². The molecule has 16 heavy (non-hydrogen) atoms. The van der Waals surface area contributed by atoms with Crippen molar-refractivity contribution in [3.63, 3.8) is 0 Å². The van der Waals surface area contributed by atoms with E-state index in [4.69, 9.17) is 0 Å². The van der Waals surface area contributed by atoms with Crippen LogP contribution in [0.3, 0.4) is 0 Å². The van der Waals surface area contributed by atoms with Gasteiger partial charge in [-0.2, -0.15) is 5.10 Å². The summed E-state index contributed by atoms with van der Waals surface area (Å²) in [5.74, 6) is 0. The van der Waals surface area contributed by atoms with Crippen molar-refractivity contribution < 1.29 is 0 Å². The second kappa shape index (κ2) is 4.58. The largest absolute Gasteiger partial charge is 0.311 e. The van der Waals surface area contributed by atoms with Crippen LogP contribution in [0.2, 0.25) is 0 Å². The van der Waals surface area contributed by atoms with E-state index in [0.29, 0.717) is 5.41 Å². The monoisotopic (exact) mass is 221 g/mol. The number of rotatable bonds is 4. The Hall–Kier alpha value is -0.830. The molecule has 3 heteroatoms. The first-order valence-corrected chi connectivity index (χ1v) is 6.29. The molecule has 1 aliphatic carbocycles. The van der Waals surface area contributed by atoms with E-state index in [-0.39, 0.29) is 0 Å². The van der Waals surface area contributed by atoms with Crippen LogP contribution < -0.4 is 5.32 Å². The van der Waals surface area contributed by atoms with Crippen molar-refractivity contribution in [3.05, 3.63) is 17.5 Å². The van der Waals surface area contributed by atoms with E-state index in [1.165, 1.54) is 31.4 Å². The highest BCUT2D eigenvalue weighted by molar-refractivity contribution is 5.08. The summed E-state index contributed by atoms with van der Waals surface area (Å²) in [7, 11) is 2.02. The first kappa shape index (κ1) is 11.6. The molecule has 1 saturated carbocycles. The summed E-state index contributed by atoms with van der Waals surface area (Å²) < 4.78 is 1.97. The van der Waals surface area contributed by atoms with Crippen molar-refractivity contribution in [2.24, 2.45) is 12.5 Å². The Morgan fingerprint density at radius 3 is 2.69 bits per heavy atom. The average molecular weight is 221 g/mol. The van der Waals surface area contributed by atoms with E-state index in [1.54, 1.807) is 0 Å². The van der Waals surface area contributed by atoms with Crippen LogP contribution in [0, 0.1) is 12.3 Å². The molecule has 1 aliphatic rings. The second-order valence-electron chi connectivity index (χ2n) is 5.52. The molecule has 90 valence electrons. The van der Waals surface area contributed by atoms with Gasteiger partial charge in [0, 0.05) is 20.1 Å². The van der Waals surface area contributed by atoms with Crippen LogP contribution in [0.25, 0.3) is 0 Å². The third kappa shape index (κ3) is 2.64. The van der Waals surface area contributed by atoms with E-state index < -0.39 is 0 Å². The van der Waals surface area contributed by atoms with Gasteiger partial charge >= 0.3 is 0 Å². The highest BCUT2D eigenvalue weighted by atomic mass is 15.3. The molecule has 1 fully saturated rings. The molecule has 1 aromatic rings. The summed E-state index contributed by atoms with van der Waals surface area (Å²) in [5.41, 5.74) is 2.92. The fourth-order valence-corrected chi connectivity index (χ4v) is 2.73. The first-order chi connectivity index (χ1) is 7.59. The maximum absolute atomic E-state index is 4.36. The van der Waals surface area contributed by atoms with E-state index in [0.717, 1.165) is 18.8 Å². The molecule has 0 radical (unpaired) electrons. The van der Waals surface area contributed by atoms with Gasteiger partial charge in [-0.05, 0) is 31.2 Å². The Kier molecular flexibility index (Phi) is 3.33. The predicted molar refractivity (Wildman–Crippen MR) is 66.2 cm³/mol. The Morgan fingerprint density at radius 2 is 2.12 bits per heavy atom.